The van der Waals surface area contributed by atoms with Crippen molar-refractivity contribution in [1.29, 1.82) is 0 Å². The van der Waals surface area contributed by atoms with E-state index in [9.17, 15) is 9.90 Å². The Bertz CT molecular complexity index is 459. The summed E-state index contributed by atoms with van der Waals surface area (Å²) in [6.07, 6.45) is 6.79. The summed E-state index contributed by atoms with van der Waals surface area (Å²) in [4.78, 5) is 11.4. The molecule has 0 radical (unpaired) electrons. The first kappa shape index (κ1) is 13.0. The SMILES string of the molecule is O=C(O)C(Nc1ccccc1Cl)C1CC=CCC1. The number of halogens is 1. The van der Waals surface area contributed by atoms with Gasteiger partial charge in [0.05, 0.1) is 10.7 Å². The van der Waals surface area contributed by atoms with E-state index in [2.05, 4.69) is 17.5 Å². The molecule has 0 amide bonds. The maximum atomic E-state index is 11.4. The van der Waals surface area contributed by atoms with Crippen molar-refractivity contribution in [1.82, 2.24) is 0 Å². The molecule has 1 aromatic carbocycles. The molecule has 2 unspecified atom stereocenters. The number of carboxylic acids is 1. The normalized spacial score (nSPS) is 20.4. The van der Waals surface area contributed by atoms with Crippen molar-refractivity contribution in [3.63, 3.8) is 0 Å². The van der Waals surface area contributed by atoms with Crippen molar-refractivity contribution in [2.45, 2.75) is 25.3 Å². The van der Waals surface area contributed by atoms with Crippen LogP contribution in [0.25, 0.3) is 0 Å². The zero-order valence-corrected chi connectivity index (χ0v) is 10.7. The van der Waals surface area contributed by atoms with Gasteiger partial charge in [-0.2, -0.15) is 0 Å². The fraction of sp³-hybridized carbons (Fsp3) is 0.357. The fourth-order valence-corrected chi connectivity index (χ4v) is 2.44. The first-order valence-corrected chi connectivity index (χ1v) is 6.45. The van der Waals surface area contributed by atoms with Crippen LogP contribution in [0, 0.1) is 5.92 Å². The zero-order valence-electron chi connectivity index (χ0n) is 9.97. The van der Waals surface area contributed by atoms with Crippen molar-refractivity contribution in [2.24, 2.45) is 5.92 Å². The third-order valence-corrected chi connectivity index (χ3v) is 3.56. The van der Waals surface area contributed by atoms with Crippen LogP contribution in [0.1, 0.15) is 19.3 Å². The molecule has 0 saturated carbocycles. The molecule has 0 saturated heterocycles. The molecule has 0 spiro atoms. The Hall–Kier alpha value is -1.48. The number of nitrogens with one attached hydrogen (secondary N) is 1. The van der Waals surface area contributed by atoms with Gasteiger partial charge in [0.15, 0.2) is 0 Å². The topological polar surface area (TPSA) is 49.3 Å². The first-order chi connectivity index (χ1) is 8.68. The molecule has 0 fully saturated rings. The van der Waals surface area contributed by atoms with E-state index in [0.29, 0.717) is 10.7 Å². The average molecular weight is 266 g/mol. The van der Waals surface area contributed by atoms with Gasteiger partial charge in [-0.3, -0.25) is 0 Å². The van der Waals surface area contributed by atoms with Gasteiger partial charge in [0.1, 0.15) is 6.04 Å². The number of aliphatic carboxylic acids is 1. The first-order valence-electron chi connectivity index (χ1n) is 6.07. The Kier molecular flexibility index (Phi) is 4.26. The smallest absolute Gasteiger partial charge is 0.326 e. The molecule has 18 heavy (non-hydrogen) atoms. The molecule has 0 bridgehead atoms. The highest BCUT2D eigenvalue weighted by molar-refractivity contribution is 6.33. The minimum atomic E-state index is -0.824. The van der Waals surface area contributed by atoms with Crippen molar-refractivity contribution >= 4 is 23.3 Å². The Morgan fingerprint density at radius 2 is 2.17 bits per heavy atom. The summed E-state index contributed by atoms with van der Waals surface area (Å²) >= 11 is 6.04. The standard InChI is InChI=1S/C14H16ClNO2/c15-11-8-4-5-9-12(11)16-13(14(17)18)10-6-2-1-3-7-10/h1-2,4-5,8-10,13,16H,3,6-7H2,(H,17,18). The summed E-state index contributed by atoms with van der Waals surface area (Å²) in [5, 5.41) is 13.0. The average Bonchev–Trinajstić information content (AvgIpc) is 2.38. The third kappa shape index (κ3) is 3.05. The Labute approximate surface area is 111 Å². The predicted octanol–water partition coefficient (Wildman–Crippen LogP) is 3.56. The van der Waals surface area contributed by atoms with Gasteiger partial charge in [0.2, 0.25) is 0 Å². The van der Waals surface area contributed by atoms with Crippen molar-refractivity contribution < 1.29 is 9.90 Å². The zero-order chi connectivity index (χ0) is 13.0. The third-order valence-electron chi connectivity index (χ3n) is 3.23. The van der Waals surface area contributed by atoms with Crippen LogP contribution in [0.15, 0.2) is 36.4 Å². The van der Waals surface area contributed by atoms with E-state index in [1.807, 2.05) is 12.1 Å². The molecule has 1 aliphatic rings. The molecule has 0 aliphatic heterocycles. The van der Waals surface area contributed by atoms with Crippen molar-refractivity contribution in [3.05, 3.63) is 41.4 Å². The van der Waals surface area contributed by atoms with Crippen LogP contribution < -0.4 is 5.32 Å². The highest BCUT2D eigenvalue weighted by Crippen LogP contribution is 2.27. The minimum absolute atomic E-state index is 0.115. The minimum Gasteiger partial charge on any atom is -0.480 e. The van der Waals surface area contributed by atoms with Crippen LogP contribution in [0.4, 0.5) is 5.69 Å². The number of rotatable bonds is 4. The van der Waals surface area contributed by atoms with Gasteiger partial charge >= 0.3 is 5.97 Å². The van der Waals surface area contributed by atoms with Crippen molar-refractivity contribution in [3.8, 4) is 0 Å². The number of para-hydroxylation sites is 1. The molecule has 1 aromatic rings. The molecule has 2 atom stereocenters. The quantitative estimate of drug-likeness (QED) is 0.819. The monoisotopic (exact) mass is 265 g/mol. The summed E-state index contributed by atoms with van der Waals surface area (Å²) in [7, 11) is 0. The van der Waals surface area contributed by atoms with Crippen LogP contribution in [-0.4, -0.2) is 17.1 Å². The second kappa shape index (κ2) is 5.91. The summed E-state index contributed by atoms with van der Waals surface area (Å²) < 4.78 is 0. The van der Waals surface area contributed by atoms with Gasteiger partial charge in [0, 0.05) is 0 Å². The number of carbonyl (C=O) groups is 1. The lowest BCUT2D eigenvalue weighted by molar-refractivity contribution is -0.139. The number of hydrogen-bond donors (Lipinski definition) is 2. The lowest BCUT2D eigenvalue weighted by Crippen LogP contribution is -2.37. The lowest BCUT2D eigenvalue weighted by atomic mass is 9.87. The summed E-state index contributed by atoms with van der Waals surface area (Å²) in [5.41, 5.74) is 0.682. The van der Waals surface area contributed by atoms with E-state index in [1.165, 1.54) is 0 Å². The Morgan fingerprint density at radius 3 is 2.78 bits per heavy atom. The molecule has 2 rings (SSSR count). The molecular weight excluding hydrogens is 250 g/mol. The molecule has 4 heteroatoms. The van der Waals surface area contributed by atoms with Gasteiger partial charge in [-0.25, -0.2) is 4.79 Å². The Morgan fingerprint density at radius 1 is 1.39 bits per heavy atom. The maximum absolute atomic E-state index is 11.4. The lowest BCUT2D eigenvalue weighted by Gasteiger charge is -2.26. The Balaban J connectivity index is 2.14. The summed E-state index contributed by atoms with van der Waals surface area (Å²) in [6.45, 7) is 0. The van der Waals surface area contributed by atoms with Gasteiger partial charge in [-0.05, 0) is 37.3 Å². The molecule has 0 aromatic heterocycles. The number of anilines is 1. The number of benzene rings is 1. The van der Waals surface area contributed by atoms with Crippen LogP contribution in [0.3, 0.4) is 0 Å². The largest absolute Gasteiger partial charge is 0.480 e. The van der Waals surface area contributed by atoms with E-state index in [-0.39, 0.29) is 5.92 Å². The molecule has 2 N–H and O–H groups in total. The number of allylic oxidation sites excluding steroid dienone is 2. The molecule has 3 nitrogen and oxygen atoms in total. The number of carboxylic acid groups (broad SMARTS) is 1. The molecular formula is C14H16ClNO2. The van der Waals surface area contributed by atoms with E-state index >= 15 is 0 Å². The van der Waals surface area contributed by atoms with E-state index in [0.717, 1.165) is 19.3 Å². The molecule has 96 valence electrons. The van der Waals surface area contributed by atoms with E-state index in [4.69, 9.17) is 11.6 Å². The summed E-state index contributed by atoms with van der Waals surface area (Å²) in [6, 6.07) is 6.64. The maximum Gasteiger partial charge on any atom is 0.326 e. The highest BCUT2D eigenvalue weighted by Gasteiger charge is 2.28. The van der Waals surface area contributed by atoms with Crippen LogP contribution >= 0.6 is 11.6 Å². The fourth-order valence-electron chi connectivity index (χ4n) is 2.25. The van der Waals surface area contributed by atoms with Gasteiger partial charge in [0.25, 0.3) is 0 Å². The molecule has 1 aliphatic carbocycles. The van der Waals surface area contributed by atoms with Gasteiger partial charge in [-0.1, -0.05) is 35.9 Å². The molecule has 0 heterocycles. The number of hydrogen-bond acceptors (Lipinski definition) is 2. The van der Waals surface area contributed by atoms with Crippen molar-refractivity contribution in [2.75, 3.05) is 5.32 Å². The summed E-state index contributed by atoms with van der Waals surface area (Å²) in [5.74, 6) is -0.709. The van der Waals surface area contributed by atoms with Crippen LogP contribution in [0.2, 0.25) is 5.02 Å². The second-order valence-corrected chi connectivity index (χ2v) is 4.89. The van der Waals surface area contributed by atoms with Crippen LogP contribution in [-0.2, 0) is 4.79 Å². The van der Waals surface area contributed by atoms with E-state index < -0.39 is 12.0 Å². The van der Waals surface area contributed by atoms with Crippen LogP contribution in [0.5, 0.6) is 0 Å². The van der Waals surface area contributed by atoms with Gasteiger partial charge < -0.3 is 10.4 Å². The highest BCUT2D eigenvalue weighted by atomic mass is 35.5. The van der Waals surface area contributed by atoms with Gasteiger partial charge in [-0.15, -0.1) is 0 Å². The second-order valence-electron chi connectivity index (χ2n) is 4.48. The predicted molar refractivity (Wildman–Crippen MR) is 73.0 cm³/mol. The van der Waals surface area contributed by atoms with E-state index in [1.54, 1.807) is 12.1 Å².